The number of aliphatic hydroxyl groups excluding tert-OH is 5. The summed E-state index contributed by atoms with van der Waals surface area (Å²) in [5.41, 5.74) is -1.30. The summed E-state index contributed by atoms with van der Waals surface area (Å²) in [4.78, 5) is 23.9. The van der Waals surface area contributed by atoms with Gasteiger partial charge in [0.1, 0.15) is 30.0 Å². The molecular formula is C19H28O12. The number of methoxy groups -OCH3 is 1. The number of fused-ring (bicyclic) bond motifs is 1. The number of ether oxygens (including phenoxy) is 5. The molecule has 31 heavy (non-hydrogen) atoms. The highest BCUT2D eigenvalue weighted by Gasteiger charge is 2.61. The molecule has 1 aliphatic carbocycles. The number of aliphatic hydroxyl groups is 5. The lowest BCUT2D eigenvalue weighted by Gasteiger charge is -2.44. The Balaban J connectivity index is 1.93. The maximum absolute atomic E-state index is 12.2. The zero-order valence-corrected chi connectivity index (χ0v) is 17.3. The standard InChI is InChI=1S/C19H28O12/c1-7(21)31-19(2)4-9(22)11-8(16(26)27-3)6-28-17(12(11)19)30-18-15(25)14(24)13(23)10(5-20)29-18/h6,9-15,17-18,20,22-25H,4-5H2,1-3H3/t9-,10+,11+,12+,13+,14-,15+,17+,18-,19+/m1/s1. The number of carbonyl (C=O) groups excluding carboxylic acids is 2. The van der Waals surface area contributed by atoms with Crippen molar-refractivity contribution in [1.82, 2.24) is 0 Å². The molecular weight excluding hydrogens is 420 g/mol. The van der Waals surface area contributed by atoms with Crippen molar-refractivity contribution < 1.29 is 58.8 Å². The number of esters is 2. The van der Waals surface area contributed by atoms with Gasteiger partial charge in [-0.25, -0.2) is 4.79 Å². The van der Waals surface area contributed by atoms with Crippen LogP contribution in [0.2, 0.25) is 0 Å². The van der Waals surface area contributed by atoms with E-state index in [1.165, 1.54) is 14.0 Å². The smallest absolute Gasteiger partial charge is 0.337 e. The average molecular weight is 448 g/mol. The number of hydrogen-bond acceptors (Lipinski definition) is 12. The topological polar surface area (TPSA) is 181 Å². The van der Waals surface area contributed by atoms with Crippen molar-refractivity contribution >= 4 is 11.9 Å². The van der Waals surface area contributed by atoms with Crippen LogP contribution in [-0.2, 0) is 33.3 Å². The second-order valence-corrected chi connectivity index (χ2v) is 8.13. The van der Waals surface area contributed by atoms with Crippen molar-refractivity contribution in [2.75, 3.05) is 13.7 Å². The van der Waals surface area contributed by atoms with Gasteiger partial charge in [0.25, 0.3) is 0 Å². The van der Waals surface area contributed by atoms with E-state index in [0.717, 1.165) is 6.26 Å². The van der Waals surface area contributed by atoms with E-state index in [0.29, 0.717) is 0 Å². The van der Waals surface area contributed by atoms with E-state index in [1.54, 1.807) is 6.92 Å². The van der Waals surface area contributed by atoms with E-state index >= 15 is 0 Å². The van der Waals surface area contributed by atoms with Gasteiger partial charge in [0.15, 0.2) is 6.29 Å². The average Bonchev–Trinajstić information content (AvgIpc) is 2.98. The fourth-order valence-electron chi connectivity index (χ4n) is 4.63. The first-order valence-electron chi connectivity index (χ1n) is 9.81. The summed E-state index contributed by atoms with van der Waals surface area (Å²) in [6, 6.07) is 0. The molecule has 5 N–H and O–H groups in total. The summed E-state index contributed by atoms with van der Waals surface area (Å²) in [7, 11) is 1.17. The quantitative estimate of drug-likeness (QED) is 0.280. The van der Waals surface area contributed by atoms with Crippen molar-refractivity contribution in [3.8, 4) is 0 Å². The van der Waals surface area contributed by atoms with Crippen molar-refractivity contribution in [1.29, 1.82) is 0 Å². The predicted octanol–water partition coefficient (Wildman–Crippen LogP) is -2.47. The highest BCUT2D eigenvalue weighted by atomic mass is 16.8. The monoisotopic (exact) mass is 448 g/mol. The van der Waals surface area contributed by atoms with Gasteiger partial charge in [0, 0.05) is 19.3 Å². The minimum Gasteiger partial charge on any atom is -0.471 e. The number of rotatable bonds is 5. The van der Waals surface area contributed by atoms with Gasteiger partial charge in [0.05, 0.1) is 37.6 Å². The summed E-state index contributed by atoms with van der Waals surface area (Å²) in [6.45, 7) is 2.09. The number of carbonyl (C=O) groups is 2. The van der Waals surface area contributed by atoms with Gasteiger partial charge in [-0.2, -0.15) is 0 Å². The predicted molar refractivity (Wildman–Crippen MR) is 97.6 cm³/mol. The Morgan fingerprint density at radius 3 is 2.42 bits per heavy atom. The van der Waals surface area contributed by atoms with Gasteiger partial charge >= 0.3 is 11.9 Å². The summed E-state index contributed by atoms with van der Waals surface area (Å²) in [5.74, 6) is -3.18. The molecule has 0 bridgehead atoms. The first-order chi connectivity index (χ1) is 14.5. The van der Waals surface area contributed by atoms with Gasteiger partial charge in [-0.1, -0.05) is 0 Å². The molecule has 0 unspecified atom stereocenters. The molecule has 3 aliphatic rings. The molecule has 0 amide bonds. The van der Waals surface area contributed by atoms with Gasteiger partial charge in [-0.3, -0.25) is 4.79 Å². The van der Waals surface area contributed by atoms with Crippen molar-refractivity contribution in [3.05, 3.63) is 11.8 Å². The van der Waals surface area contributed by atoms with Crippen LogP contribution in [-0.4, -0.2) is 99.9 Å². The van der Waals surface area contributed by atoms with Crippen LogP contribution in [0.4, 0.5) is 0 Å². The third kappa shape index (κ3) is 4.29. The second-order valence-electron chi connectivity index (χ2n) is 8.13. The lowest BCUT2D eigenvalue weighted by Crippen LogP contribution is -2.61. The van der Waals surface area contributed by atoms with Crippen molar-refractivity contribution in [2.24, 2.45) is 11.8 Å². The molecule has 0 aromatic heterocycles. The minimum absolute atomic E-state index is 0.0181. The molecule has 1 saturated carbocycles. The zero-order chi connectivity index (χ0) is 23.1. The van der Waals surface area contributed by atoms with Gasteiger partial charge in [-0.15, -0.1) is 0 Å². The molecule has 12 heteroatoms. The van der Waals surface area contributed by atoms with Crippen LogP contribution >= 0.6 is 0 Å². The largest absolute Gasteiger partial charge is 0.471 e. The molecule has 12 nitrogen and oxygen atoms in total. The van der Waals surface area contributed by atoms with Crippen LogP contribution in [0.25, 0.3) is 0 Å². The molecule has 2 fully saturated rings. The molecule has 0 spiro atoms. The van der Waals surface area contributed by atoms with E-state index in [2.05, 4.69) is 0 Å². The van der Waals surface area contributed by atoms with E-state index in [-0.39, 0.29) is 12.0 Å². The SMILES string of the molecule is COC(=O)C1=CO[C@@H](O[C@H]2O[C@@H](CO)[C@H](O)[C@@H](O)[C@@H]2O)[C@@H]2[C@@H]1[C@H](O)C[C@]2(C)OC(C)=O. The summed E-state index contributed by atoms with van der Waals surface area (Å²) in [6.07, 6.45) is -9.07. The summed E-state index contributed by atoms with van der Waals surface area (Å²) < 4.78 is 26.8. The first kappa shape index (κ1) is 23.9. The van der Waals surface area contributed by atoms with Gasteiger partial charge < -0.3 is 49.2 Å². The van der Waals surface area contributed by atoms with E-state index in [9.17, 15) is 35.1 Å². The second kappa shape index (κ2) is 8.98. The Morgan fingerprint density at radius 2 is 1.84 bits per heavy atom. The van der Waals surface area contributed by atoms with Crippen LogP contribution in [0.5, 0.6) is 0 Å². The Hall–Kier alpha value is -1.80. The third-order valence-corrected chi connectivity index (χ3v) is 6.02. The lowest BCUT2D eigenvalue weighted by atomic mass is 9.80. The number of hydrogen-bond donors (Lipinski definition) is 5. The Labute approximate surface area is 177 Å². The zero-order valence-electron chi connectivity index (χ0n) is 17.3. The summed E-state index contributed by atoms with van der Waals surface area (Å²) >= 11 is 0. The van der Waals surface area contributed by atoms with E-state index in [4.69, 9.17) is 23.7 Å². The van der Waals surface area contributed by atoms with Crippen LogP contribution in [0.1, 0.15) is 20.3 Å². The van der Waals surface area contributed by atoms with E-state index < -0.39 is 79.1 Å². The Bertz CT molecular complexity index is 723. The van der Waals surface area contributed by atoms with Crippen LogP contribution in [0.3, 0.4) is 0 Å². The van der Waals surface area contributed by atoms with Crippen molar-refractivity contribution in [2.45, 2.75) is 69.0 Å². The van der Waals surface area contributed by atoms with Crippen molar-refractivity contribution in [3.63, 3.8) is 0 Å². The molecule has 176 valence electrons. The Kier molecular flexibility index (Phi) is 6.91. The third-order valence-electron chi connectivity index (χ3n) is 6.02. The molecule has 0 radical (unpaired) electrons. The van der Waals surface area contributed by atoms with Crippen LogP contribution in [0, 0.1) is 11.8 Å². The maximum Gasteiger partial charge on any atom is 0.337 e. The summed E-state index contributed by atoms with van der Waals surface area (Å²) in [5, 5.41) is 50.3. The van der Waals surface area contributed by atoms with Gasteiger partial charge in [-0.05, 0) is 6.92 Å². The fourth-order valence-corrected chi connectivity index (χ4v) is 4.63. The molecule has 0 aromatic carbocycles. The molecule has 1 saturated heterocycles. The van der Waals surface area contributed by atoms with Crippen LogP contribution in [0.15, 0.2) is 11.8 Å². The van der Waals surface area contributed by atoms with E-state index in [1.807, 2.05) is 0 Å². The van der Waals surface area contributed by atoms with Crippen LogP contribution < -0.4 is 0 Å². The molecule has 10 atom stereocenters. The minimum atomic E-state index is -1.70. The first-order valence-corrected chi connectivity index (χ1v) is 9.81. The highest BCUT2D eigenvalue weighted by Crippen LogP contribution is 2.51. The molecule has 3 rings (SSSR count). The van der Waals surface area contributed by atoms with Gasteiger partial charge in [0.2, 0.25) is 6.29 Å². The normalized spacial score (nSPS) is 44.6. The molecule has 2 heterocycles. The lowest BCUT2D eigenvalue weighted by molar-refractivity contribution is -0.346. The Morgan fingerprint density at radius 1 is 1.16 bits per heavy atom. The highest BCUT2D eigenvalue weighted by molar-refractivity contribution is 5.89. The molecule has 2 aliphatic heterocycles. The molecule has 0 aromatic rings. The maximum atomic E-state index is 12.2. The fraction of sp³-hybridized carbons (Fsp3) is 0.789.